The second-order valence-corrected chi connectivity index (χ2v) is 5.89. The van der Waals surface area contributed by atoms with Crippen LogP contribution in [0.25, 0.3) is 11.1 Å². The Morgan fingerprint density at radius 3 is 2.22 bits per heavy atom. The lowest BCUT2D eigenvalue weighted by Gasteiger charge is -2.04. The summed E-state index contributed by atoms with van der Waals surface area (Å²) >= 11 is 3.42. The quantitative estimate of drug-likeness (QED) is 0.535. The van der Waals surface area contributed by atoms with Gasteiger partial charge in [0.25, 0.3) is 0 Å². The van der Waals surface area contributed by atoms with Gasteiger partial charge in [0.1, 0.15) is 0 Å². The van der Waals surface area contributed by atoms with Crippen LogP contribution < -0.4 is 5.43 Å². The molecule has 0 unspecified atom stereocenters. The third-order valence-electron chi connectivity index (χ3n) is 3.34. The summed E-state index contributed by atoms with van der Waals surface area (Å²) in [6, 6.07) is 18.0. The molecule has 0 amide bonds. The van der Waals surface area contributed by atoms with Crippen molar-refractivity contribution in [1.29, 1.82) is 0 Å². The molecule has 0 radical (unpaired) electrons. The fraction of sp³-hybridized carbons (Fsp3) is 0.0556. The average Bonchev–Trinajstić information content (AvgIpc) is 2.61. The fourth-order valence-corrected chi connectivity index (χ4v) is 2.32. The maximum atomic E-state index is 4.32. The Morgan fingerprint density at radius 2 is 1.57 bits per heavy atom. The molecule has 5 heteroatoms. The lowest BCUT2D eigenvalue weighted by Crippen LogP contribution is -2.02. The highest BCUT2D eigenvalue weighted by molar-refractivity contribution is 9.10. The Kier molecular flexibility index (Phi) is 4.78. The van der Waals surface area contributed by atoms with Crippen molar-refractivity contribution in [1.82, 2.24) is 9.97 Å². The highest BCUT2D eigenvalue weighted by atomic mass is 79.9. The van der Waals surface area contributed by atoms with E-state index in [9.17, 15) is 0 Å². The van der Waals surface area contributed by atoms with Crippen molar-refractivity contribution in [3.63, 3.8) is 0 Å². The van der Waals surface area contributed by atoms with Crippen molar-refractivity contribution in [2.24, 2.45) is 5.10 Å². The number of rotatable bonds is 4. The largest absolute Gasteiger partial charge is 0.245 e. The van der Waals surface area contributed by atoms with Crippen molar-refractivity contribution in [2.75, 3.05) is 5.43 Å². The third-order valence-corrected chi connectivity index (χ3v) is 3.87. The summed E-state index contributed by atoms with van der Waals surface area (Å²) in [5.74, 6) is 0.473. The zero-order valence-electron chi connectivity index (χ0n) is 12.6. The Balaban J connectivity index is 1.71. The van der Waals surface area contributed by atoms with Gasteiger partial charge in [0.15, 0.2) is 0 Å². The van der Waals surface area contributed by atoms with Crippen LogP contribution in [0.5, 0.6) is 0 Å². The van der Waals surface area contributed by atoms with Crippen LogP contribution in [0.2, 0.25) is 0 Å². The van der Waals surface area contributed by atoms with Gasteiger partial charge in [0, 0.05) is 22.4 Å². The van der Waals surface area contributed by atoms with Gasteiger partial charge in [-0.05, 0) is 30.2 Å². The van der Waals surface area contributed by atoms with Gasteiger partial charge >= 0.3 is 0 Å². The van der Waals surface area contributed by atoms with Crippen molar-refractivity contribution in [3.8, 4) is 11.1 Å². The molecule has 0 spiro atoms. The summed E-state index contributed by atoms with van der Waals surface area (Å²) < 4.78 is 1.04. The Bertz CT molecular complexity index is 797. The highest BCUT2D eigenvalue weighted by Gasteiger charge is 2.01. The van der Waals surface area contributed by atoms with Crippen LogP contribution in [0.15, 0.2) is 76.6 Å². The van der Waals surface area contributed by atoms with Crippen molar-refractivity contribution in [2.45, 2.75) is 6.92 Å². The average molecular weight is 367 g/mol. The van der Waals surface area contributed by atoms with Gasteiger partial charge in [-0.15, -0.1) is 0 Å². The second kappa shape index (κ2) is 7.15. The van der Waals surface area contributed by atoms with Crippen LogP contribution in [-0.4, -0.2) is 15.7 Å². The van der Waals surface area contributed by atoms with Crippen molar-refractivity contribution >= 4 is 27.6 Å². The van der Waals surface area contributed by atoms with E-state index in [0.717, 1.165) is 26.9 Å². The molecule has 3 rings (SSSR count). The molecule has 0 aliphatic carbocycles. The lowest BCUT2D eigenvalue weighted by molar-refractivity contribution is 1.12. The number of nitrogens with zero attached hydrogens (tertiary/aromatic N) is 3. The van der Waals surface area contributed by atoms with Crippen molar-refractivity contribution < 1.29 is 0 Å². The molecule has 0 atom stereocenters. The summed E-state index contributed by atoms with van der Waals surface area (Å²) in [5.41, 5.74) is 6.87. The van der Waals surface area contributed by atoms with Gasteiger partial charge in [-0.2, -0.15) is 5.10 Å². The van der Waals surface area contributed by atoms with E-state index in [0.29, 0.717) is 5.95 Å². The molecule has 0 saturated heterocycles. The predicted molar refractivity (Wildman–Crippen MR) is 97.4 cm³/mol. The summed E-state index contributed by atoms with van der Waals surface area (Å²) in [5, 5.41) is 4.32. The van der Waals surface area contributed by atoms with Gasteiger partial charge in [-0.1, -0.05) is 58.4 Å². The molecule has 0 aliphatic rings. The zero-order valence-corrected chi connectivity index (χ0v) is 14.2. The monoisotopic (exact) mass is 366 g/mol. The van der Waals surface area contributed by atoms with Gasteiger partial charge < -0.3 is 0 Å². The lowest BCUT2D eigenvalue weighted by atomic mass is 10.1. The van der Waals surface area contributed by atoms with E-state index in [1.807, 2.05) is 61.5 Å². The first-order chi connectivity index (χ1) is 11.2. The number of aromatic nitrogens is 2. The first kappa shape index (κ1) is 15.4. The Labute approximate surface area is 143 Å². The Hall–Kier alpha value is -2.53. The molecule has 0 saturated carbocycles. The minimum Gasteiger partial charge on any atom is -0.245 e. The maximum Gasteiger partial charge on any atom is 0.243 e. The molecular formula is C18H15BrN4. The highest BCUT2D eigenvalue weighted by Crippen LogP contribution is 2.17. The Morgan fingerprint density at radius 1 is 0.913 bits per heavy atom. The summed E-state index contributed by atoms with van der Waals surface area (Å²) in [6.45, 7) is 1.94. The molecule has 23 heavy (non-hydrogen) atoms. The van der Waals surface area contributed by atoms with Gasteiger partial charge in [0.2, 0.25) is 5.95 Å². The molecule has 2 aromatic carbocycles. The zero-order chi connectivity index (χ0) is 16.1. The smallest absolute Gasteiger partial charge is 0.243 e. The standard InChI is InChI=1S/C18H15BrN4/c1-13(14-7-9-17(19)10-8-14)22-23-18-20-11-16(12-21-18)15-5-3-2-4-6-15/h2-12H,1H3,(H,20,21,23)/b22-13-. The number of hydrazone groups is 1. The van der Waals surface area contributed by atoms with Crippen LogP contribution in [0.4, 0.5) is 5.95 Å². The van der Waals surface area contributed by atoms with Crippen molar-refractivity contribution in [3.05, 3.63) is 77.0 Å². The SMILES string of the molecule is C/C(=N/Nc1ncc(-c2ccccc2)cn1)c1ccc(Br)cc1. The number of hydrogen-bond donors (Lipinski definition) is 1. The van der Waals surface area contributed by atoms with Crippen LogP contribution in [0.3, 0.4) is 0 Å². The molecule has 4 nitrogen and oxygen atoms in total. The molecule has 1 heterocycles. The molecule has 1 N–H and O–H groups in total. The minimum absolute atomic E-state index is 0.473. The molecule has 3 aromatic rings. The van der Waals surface area contributed by atoms with Crippen LogP contribution in [0.1, 0.15) is 12.5 Å². The fourth-order valence-electron chi connectivity index (χ4n) is 2.05. The van der Waals surface area contributed by atoms with E-state index in [1.165, 1.54) is 0 Å². The first-order valence-corrected chi connectivity index (χ1v) is 7.95. The van der Waals surface area contributed by atoms with E-state index in [4.69, 9.17) is 0 Å². The summed E-state index contributed by atoms with van der Waals surface area (Å²) in [6.07, 6.45) is 3.57. The van der Waals surface area contributed by atoms with Gasteiger partial charge in [-0.25, -0.2) is 15.4 Å². The van der Waals surface area contributed by atoms with E-state index >= 15 is 0 Å². The number of nitrogens with one attached hydrogen (secondary N) is 1. The predicted octanol–water partition coefficient (Wildman–Crippen LogP) is 4.74. The molecule has 0 aliphatic heterocycles. The van der Waals surface area contributed by atoms with Crippen LogP contribution in [-0.2, 0) is 0 Å². The topological polar surface area (TPSA) is 50.2 Å². The number of hydrogen-bond acceptors (Lipinski definition) is 4. The number of halogens is 1. The minimum atomic E-state index is 0.473. The molecular weight excluding hydrogens is 352 g/mol. The van der Waals surface area contributed by atoms with Gasteiger partial charge in [-0.3, -0.25) is 0 Å². The van der Waals surface area contributed by atoms with E-state index in [1.54, 1.807) is 12.4 Å². The number of benzene rings is 2. The first-order valence-electron chi connectivity index (χ1n) is 7.16. The van der Waals surface area contributed by atoms with Gasteiger partial charge in [0.05, 0.1) is 5.71 Å². The maximum absolute atomic E-state index is 4.32. The third kappa shape index (κ3) is 4.02. The molecule has 114 valence electrons. The van der Waals surface area contributed by atoms with Crippen LogP contribution >= 0.6 is 15.9 Å². The van der Waals surface area contributed by atoms with Crippen LogP contribution in [0, 0.1) is 0 Å². The molecule has 0 bridgehead atoms. The summed E-state index contributed by atoms with van der Waals surface area (Å²) in [4.78, 5) is 8.60. The molecule has 1 aromatic heterocycles. The van der Waals surface area contributed by atoms with E-state index < -0.39 is 0 Å². The second-order valence-electron chi connectivity index (χ2n) is 4.98. The normalized spacial score (nSPS) is 11.3. The van der Waals surface area contributed by atoms with E-state index in [-0.39, 0.29) is 0 Å². The van der Waals surface area contributed by atoms with E-state index in [2.05, 4.69) is 36.4 Å². The summed E-state index contributed by atoms with van der Waals surface area (Å²) in [7, 11) is 0. The molecule has 0 fully saturated rings. The number of anilines is 1.